The molecule has 4 rings (SSSR count). The molecule has 0 saturated heterocycles. The molecule has 0 fully saturated rings. The molecule has 2 aromatic carbocycles. The minimum atomic E-state index is -1.40. The van der Waals surface area contributed by atoms with Crippen molar-refractivity contribution in [2.24, 2.45) is 5.73 Å². The summed E-state index contributed by atoms with van der Waals surface area (Å²) < 4.78 is 17.8. The molecule has 0 radical (unpaired) electrons. The Morgan fingerprint density at radius 3 is 2.43 bits per heavy atom. The highest BCUT2D eigenvalue weighted by Crippen LogP contribution is 2.38. The maximum absolute atomic E-state index is 12.0. The van der Waals surface area contributed by atoms with Gasteiger partial charge in [-0.05, 0) is 29.8 Å². The molecule has 152 valence electrons. The molecule has 0 spiro atoms. The summed E-state index contributed by atoms with van der Waals surface area (Å²) in [6.07, 6.45) is 1.50. The van der Waals surface area contributed by atoms with Gasteiger partial charge in [0, 0.05) is 11.8 Å². The van der Waals surface area contributed by atoms with E-state index in [0.717, 1.165) is 22.5 Å². The van der Waals surface area contributed by atoms with E-state index in [0.29, 0.717) is 28.3 Å². The normalized spacial score (nSPS) is 12.0. The second kappa shape index (κ2) is 8.21. The van der Waals surface area contributed by atoms with Gasteiger partial charge in [0.2, 0.25) is 5.16 Å². The molecule has 1 unspecified atom stereocenters. The molecule has 0 aliphatic rings. The van der Waals surface area contributed by atoms with Gasteiger partial charge in [0.05, 0.1) is 27.6 Å². The molecule has 9 heteroatoms. The van der Waals surface area contributed by atoms with Crippen molar-refractivity contribution in [3.63, 3.8) is 0 Å². The van der Waals surface area contributed by atoms with Gasteiger partial charge in [-0.15, -0.1) is 11.3 Å². The van der Waals surface area contributed by atoms with Crippen LogP contribution in [0.4, 0.5) is 5.69 Å². The number of rotatable bonds is 6. The lowest BCUT2D eigenvalue weighted by atomic mass is 10.1. The Bertz CT molecular complexity index is 1250. The summed E-state index contributed by atoms with van der Waals surface area (Å²) in [5.41, 5.74) is 14.1. The lowest BCUT2D eigenvalue weighted by Gasteiger charge is -2.09. The summed E-state index contributed by atoms with van der Waals surface area (Å²) in [5.74, 6) is 0.0635. The molecule has 2 heterocycles. The van der Waals surface area contributed by atoms with E-state index in [1.165, 1.54) is 6.26 Å². The van der Waals surface area contributed by atoms with Crippen LogP contribution in [-0.2, 0) is 17.4 Å². The Balaban J connectivity index is 1.72. The molecule has 4 aromatic rings. The van der Waals surface area contributed by atoms with Crippen LogP contribution in [0.2, 0.25) is 0 Å². The molecule has 0 saturated carbocycles. The van der Waals surface area contributed by atoms with Gasteiger partial charge in [0.15, 0.2) is 0 Å². The van der Waals surface area contributed by atoms with E-state index in [4.69, 9.17) is 16.2 Å². The summed E-state index contributed by atoms with van der Waals surface area (Å²) in [6.45, 7) is 0.455. The molecule has 0 aliphatic carbocycles. The Hall–Kier alpha value is -3.30. The van der Waals surface area contributed by atoms with E-state index in [-0.39, 0.29) is 15.7 Å². The van der Waals surface area contributed by atoms with Crippen molar-refractivity contribution in [1.29, 1.82) is 0 Å². The molecule has 0 aliphatic heterocycles. The topological polar surface area (TPSA) is 121 Å². The van der Waals surface area contributed by atoms with Crippen molar-refractivity contribution >= 4 is 43.9 Å². The predicted molar refractivity (Wildman–Crippen MR) is 119 cm³/mol. The van der Waals surface area contributed by atoms with Crippen molar-refractivity contribution in [2.45, 2.75) is 11.8 Å². The summed E-state index contributed by atoms with van der Waals surface area (Å²) in [7, 11) is -1.40. The summed E-state index contributed by atoms with van der Waals surface area (Å²) in [5, 5.41) is 0.695. The lowest BCUT2D eigenvalue weighted by molar-refractivity contribution is 0.100. The van der Waals surface area contributed by atoms with Crippen LogP contribution < -0.4 is 16.2 Å². The van der Waals surface area contributed by atoms with Crippen molar-refractivity contribution in [3.05, 3.63) is 65.0 Å². The fourth-order valence-electron chi connectivity index (χ4n) is 2.97. The SMILES string of the molecule is CS(=O)c1nc(-c2ccc(OCc3ccccc3)cc2)c2c(N)c(C(N)=O)sc2n1. The van der Waals surface area contributed by atoms with Gasteiger partial charge in [0.1, 0.15) is 22.1 Å². The van der Waals surface area contributed by atoms with Crippen LogP contribution in [0.3, 0.4) is 0 Å². The van der Waals surface area contributed by atoms with Crippen LogP contribution in [0.1, 0.15) is 15.2 Å². The van der Waals surface area contributed by atoms with Gasteiger partial charge < -0.3 is 16.2 Å². The van der Waals surface area contributed by atoms with Crippen LogP contribution in [0.5, 0.6) is 5.75 Å². The zero-order valence-corrected chi connectivity index (χ0v) is 17.6. The number of hydrogen-bond acceptors (Lipinski definition) is 7. The fraction of sp³-hybridized carbons (Fsp3) is 0.0952. The number of primary amides is 1. The number of ether oxygens (including phenoxy) is 1. The van der Waals surface area contributed by atoms with Gasteiger partial charge in [-0.2, -0.15) is 0 Å². The average Bonchev–Trinajstić information content (AvgIpc) is 3.09. The number of aromatic nitrogens is 2. The number of fused-ring (bicyclic) bond motifs is 1. The van der Waals surface area contributed by atoms with Crippen LogP contribution >= 0.6 is 11.3 Å². The highest BCUT2D eigenvalue weighted by molar-refractivity contribution is 7.84. The van der Waals surface area contributed by atoms with E-state index < -0.39 is 16.7 Å². The van der Waals surface area contributed by atoms with Gasteiger partial charge in [-0.1, -0.05) is 30.3 Å². The largest absolute Gasteiger partial charge is 0.489 e. The number of carbonyl (C=O) groups excluding carboxylic acids is 1. The number of hydrogen-bond donors (Lipinski definition) is 2. The quantitative estimate of drug-likeness (QED) is 0.445. The van der Waals surface area contributed by atoms with Crippen LogP contribution in [0, 0.1) is 0 Å². The molecule has 1 atom stereocenters. The first-order chi connectivity index (χ1) is 14.4. The molecule has 2 aromatic heterocycles. The van der Waals surface area contributed by atoms with Crippen molar-refractivity contribution in [1.82, 2.24) is 9.97 Å². The number of nitrogens with two attached hydrogens (primary N) is 2. The van der Waals surface area contributed by atoms with Gasteiger partial charge >= 0.3 is 0 Å². The van der Waals surface area contributed by atoms with Crippen LogP contribution in [0.15, 0.2) is 59.8 Å². The first-order valence-electron chi connectivity index (χ1n) is 8.94. The molecule has 30 heavy (non-hydrogen) atoms. The second-order valence-electron chi connectivity index (χ2n) is 6.50. The number of thiophene rings is 1. The third-order valence-corrected chi connectivity index (χ3v) is 6.24. The third kappa shape index (κ3) is 3.89. The van der Waals surface area contributed by atoms with Gasteiger partial charge in [0.25, 0.3) is 5.91 Å². The number of nitrogen functional groups attached to an aromatic ring is 1. The van der Waals surface area contributed by atoms with E-state index in [1.54, 1.807) is 0 Å². The van der Waals surface area contributed by atoms with Gasteiger partial charge in [-0.3, -0.25) is 9.00 Å². The molecular weight excluding hydrogens is 420 g/mol. The summed E-state index contributed by atoms with van der Waals surface area (Å²) in [6, 6.07) is 17.2. The minimum Gasteiger partial charge on any atom is -0.489 e. The smallest absolute Gasteiger partial charge is 0.260 e. The second-order valence-corrected chi connectivity index (χ2v) is 8.77. The number of benzene rings is 2. The molecule has 1 amide bonds. The van der Waals surface area contributed by atoms with Gasteiger partial charge in [-0.25, -0.2) is 9.97 Å². The van der Waals surface area contributed by atoms with Crippen molar-refractivity contribution in [2.75, 3.05) is 12.0 Å². The zero-order valence-electron chi connectivity index (χ0n) is 16.0. The standard InChI is InChI=1S/C21H18N4O3S2/c1-30(27)21-24-17(15-16(22)18(19(23)26)29-20(15)25-21)13-7-9-14(10-8-13)28-11-12-5-3-2-4-6-12/h2-10H,11,22H2,1H3,(H2,23,26). The van der Waals surface area contributed by atoms with E-state index in [1.807, 2.05) is 54.6 Å². The Kier molecular flexibility index (Phi) is 5.47. The van der Waals surface area contributed by atoms with E-state index in [9.17, 15) is 9.00 Å². The lowest BCUT2D eigenvalue weighted by Crippen LogP contribution is -2.10. The maximum Gasteiger partial charge on any atom is 0.260 e. The molecule has 4 N–H and O–H groups in total. The highest BCUT2D eigenvalue weighted by Gasteiger charge is 2.21. The monoisotopic (exact) mass is 438 g/mol. The number of carbonyl (C=O) groups is 1. The van der Waals surface area contributed by atoms with Crippen molar-refractivity contribution < 1.29 is 13.7 Å². The fourth-order valence-corrected chi connectivity index (χ4v) is 4.42. The summed E-state index contributed by atoms with van der Waals surface area (Å²) >= 11 is 1.07. The van der Waals surface area contributed by atoms with Crippen LogP contribution in [0.25, 0.3) is 21.5 Å². The Morgan fingerprint density at radius 1 is 1.10 bits per heavy atom. The van der Waals surface area contributed by atoms with Crippen LogP contribution in [-0.4, -0.2) is 26.3 Å². The minimum absolute atomic E-state index is 0.166. The Morgan fingerprint density at radius 2 is 1.80 bits per heavy atom. The van der Waals surface area contributed by atoms with Crippen molar-refractivity contribution in [3.8, 4) is 17.0 Å². The average molecular weight is 439 g/mol. The number of nitrogens with zero attached hydrogens (tertiary/aromatic N) is 2. The predicted octanol–water partition coefficient (Wildman–Crippen LogP) is 3.36. The summed E-state index contributed by atoms with van der Waals surface area (Å²) in [4.78, 5) is 21.2. The molecule has 0 bridgehead atoms. The number of amides is 1. The van der Waals surface area contributed by atoms with E-state index in [2.05, 4.69) is 9.97 Å². The Labute approximate surface area is 179 Å². The van der Waals surface area contributed by atoms with E-state index >= 15 is 0 Å². The molecule has 7 nitrogen and oxygen atoms in total. The highest BCUT2D eigenvalue weighted by atomic mass is 32.2. The molecular formula is C21H18N4O3S2. The number of anilines is 1. The zero-order chi connectivity index (χ0) is 21.3. The first-order valence-corrected chi connectivity index (χ1v) is 11.3. The first kappa shape index (κ1) is 20.0. The third-order valence-electron chi connectivity index (χ3n) is 4.42. The maximum atomic E-state index is 12.0.